The molecule has 0 unspecified atom stereocenters. The standard InChI is InChI=1S/C26H23NO3/c1-17-4-10-20(11-5-17)23-24(21-12-6-18(2)7-13-21)26(29)27(25(23)28)16-19-8-14-22(30-3)15-9-19/h4-15H,16H2,1-3H3. The first kappa shape index (κ1) is 19.6. The molecule has 0 atom stereocenters. The van der Waals surface area contributed by atoms with Crippen LogP contribution in [0.5, 0.6) is 5.75 Å². The van der Waals surface area contributed by atoms with E-state index in [-0.39, 0.29) is 18.4 Å². The Kier molecular flexibility index (Phi) is 5.23. The number of nitrogens with zero attached hydrogens (tertiary/aromatic N) is 1. The Labute approximate surface area is 176 Å². The fourth-order valence-corrected chi connectivity index (χ4v) is 3.61. The number of aryl methyl sites for hydroxylation is 2. The topological polar surface area (TPSA) is 46.6 Å². The Balaban J connectivity index is 1.76. The Morgan fingerprint density at radius 2 is 1.10 bits per heavy atom. The van der Waals surface area contributed by atoms with Crippen LogP contribution in [0.1, 0.15) is 27.8 Å². The van der Waals surface area contributed by atoms with Gasteiger partial charge in [-0.3, -0.25) is 14.5 Å². The molecule has 3 aromatic carbocycles. The monoisotopic (exact) mass is 397 g/mol. The zero-order valence-electron chi connectivity index (χ0n) is 17.3. The molecule has 0 saturated carbocycles. The van der Waals surface area contributed by atoms with Crippen molar-refractivity contribution in [3.63, 3.8) is 0 Å². The molecule has 0 fully saturated rings. The average Bonchev–Trinajstić information content (AvgIpc) is 3.00. The molecular formula is C26H23NO3. The molecule has 30 heavy (non-hydrogen) atoms. The summed E-state index contributed by atoms with van der Waals surface area (Å²) in [5.41, 5.74) is 5.49. The summed E-state index contributed by atoms with van der Waals surface area (Å²) in [6.07, 6.45) is 0. The number of carbonyl (C=O) groups excluding carboxylic acids is 2. The molecule has 1 aliphatic heterocycles. The fraction of sp³-hybridized carbons (Fsp3) is 0.154. The highest BCUT2D eigenvalue weighted by Crippen LogP contribution is 2.36. The minimum absolute atomic E-state index is 0.215. The van der Waals surface area contributed by atoms with E-state index in [1.165, 1.54) is 4.90 Å². The number of carbonyl (C=O) groups is 2. The van der Waals surface area contributed by atoms with Crippen molar-refractivity contribution in [2.75, 3.05) is 7.11 Å². The van der Waals surface area contributed by atoms with E-state index in [4.69, 9.17) is 4.74 Å². The Morgan fingerprint density at radius 3 is 1.50 bits per heavy atom. The van der Waals surface area contributed by atoms with Crippen LogP contribution in [-0.2, 0) is 16.1 Å². The van der Waals surface area contributed by atoms with Crippen molar-refractivity contribution in [3.8, 4) is 5.75 Å². The van der Waals surface area contributed by atoms with Gasteiger partial charge in [0, 0.05) is 0 Å². The zero-order valence-corrected chi connectivity index (χ0v) is 17.3. The molecule has 0 N–H and O–H groups in total. The smallest absolute Gasteiger partial charge is 0.262 e. The van der Waals surface area contributed by atoms with E-state index in [1.807, 2.05) is 86.6 Å². The minimum atomic E-state index is -0.268. The molecule has 0 radical (unpaired) electrons. The first-order chi connectivity index (χ1) is 14.5. The third kappa shape index (κ3) is 3.64. The van der Waals surface area contributed by atoms with Crippen LogP contribution in [0, 0.1) is 13.8 Å². The number of hydrogen-bond acceptors (Lipinski definition) is 3. The maximum atomic E-state index is 13.4. The SMILES string of the molecule is COc1ccc(CN2C(=O)C(c3ccc(C)cc3)=C(c3ccc(C)cc3)C2=O)cc1. The molecule has 0 bridgehead atoms. The normalized spacial score (nSPS) is 13.9. The van der Waals surface area contributed by atoms with Gasteiger partial charge in [-0.2, -0.15) is 0 Å². The van der Waals surface area contributed by atoms with Crippen molar-refractivity contribution in [2.45, 2.75) is 20.4 Å². The molecule has 4 nitrogen and oxygen atoms in total. The molecule has 150 valence electrons. The van der Waals surface area contributed by atoms with E-state index in [0.717, 1.165) is 33.6 Å². The molecular weight excluding hydrogens is 374 g/mol. The molecule has 4 rings (SSSR count). The van der Waals surface area contributed by atoms with Gasteiger partial charge in [-0.05, 0) is 42.7 Å². The van der Waals surface area contributed by atoms with Crippen molar-refractivity contribution in [3.05, 3.63) is 101 Å². The van der Waals surface area contributed by atoms with Gasteiger partial charge in [0.2, 0.25) is 0 Å². The van der Waals surface area contributed by atoms with Crippen LogP contribution in [0.4, 0.5) is 0 Å². The second-order valence-corrected chi connectivity index (χ2v) is 7.53. The van der Waals surface area contributed by atoms with Gasteiger partial charge in [0.1, 0.15) is 5.75 Å². The van der Waals surface area contributed by atoms with E-state index in [0.29, 0.717) is 11.1 Å². The Hall–Kier alpha value is -3.66. The zero-order chi connectivity index (χ0) is 21.3. The quantitative estimate of drug-likeness (QED) is 0.582. The highest BCUT2D eigenvalue weighted by atomic mass is 16.5. The third-order valence-corrected chi connectivity index (χ3v) is 5.35. The van der Waals surface area contributed by atoms with Crippen LogP contribution in [0.15, 0.2) is 72.8 Å². The highest BCUT2D eigenvalue weighted by molar-refractivity contribution is 6.48. The summed E-state index contributed by atoms with van der Waals surface area (Å²) in [5, 5.41) is 0. The van der Waals surface area contributed by atoms with E-state index in [9.17, 15) is 9.59 Å². The van der Waals surface area contributed by atoms with Crippen molar-refractivity contribution >= 4 is 23.0 Å². The van der Waals surface area contributed by atoms with Crippen LogP contribution in [0.25, 0.3) is 11.1 Å². The molecule has 0 saturated heterocycles. The lowest BCUT2D eigenvalue weighted by atomic mass is 9.95. The summed E-state index contributed by atoms with van der Waals surface area (Å²) in [6.45, 7) is 4.21. The van der Waals surface area contributed by atoms with Crippen molar-refractivity contribution in [2.24, 2.45) is 0 Å². The van der Waals surface area contributed by atoms with Crippen LogP contribution in [-0.4, -0.2) is 23.8 Å². The maximum Gasteiger partial charge on any atom is 0.262 e. The first-order valence-corrected chi connectivity index (χ1v) is 9.85. The molecule has 4 heteroatoms. The molecule has 3 aromatic rings. The van der Waals surface area contributed by atoms with E-state index < -0.39 is 0 Å². The van der Waals surface area contributed by atoms with Gasteiger partial charge in [-0.1, -0.05) is 71.8 Å². The molecule has 0 aliphatic carbocycles. The summed E-state index contributed by atoms with van der Waals surface area (Å²) in [7, 11) is 1.61. The third-order valence-electron chi connectivity index (χ3n) is 5.35. The molecule has 1 heterocycles. The first-order valence-electron chi connectivity index (χ1n) is 9.85. The Morgan fingerprint density at radius 1 is 0.667 bits per heavy atom. The number of hydrogen-bond donors (Lipinski definition) is 0. The van der Waals surface area contributed by atoms with Crippen molar-refractivity contribution in [1.82, 2.24) is 4.90 Å². The Bertz CT molecular complexity index is 1060. The lowest BCUT2D eigenvalue weighted by molar-refractivity contribution is -0.136. The summed E-state index contributed by atoms with van der Waals surface area (Å²) in [4.78, 5) is 28.1. The van der Waals surface area contributed by atoms with Gasteiger partial charge in [-0.25, -0.2) is 0 Å². The number of imide groups is 1. The van der Waals surface area contributed by atoms with Crippen molar-refractivity contribution in [1.29, 1.82) is 0 Å². The van der Waals surface area contributed by atoms with E-state index in [2.05, 4.69) is 0 Å². The number of amides is 2. The molecule has 2 amide bonds. The highest BCUT2D eigenvalue weighted by Gasteiger charge is 2.39. The number of methoxy groups -OCH3 is 1. The van der Waals surface area contributed by atoms with Gasteiger partial charge < -0.3 is 4.74 Å². The second kappa shape index (κ2) is 7.99. The second-order valence-electron chi connectivity index (χ2n) is 7.53. The summed E-state index contributed by atoms with van der Waals surface area (Å²) in [5.74, 6) is 0.196. The lowest BCUT2D eigenvalue weighted by Gasteiger charge is -2.15. The lowest BCUT2D eigenvalue weighted by Crippen LogP contribution is -2.31. The van der Waals surface area contributed by atoms with Crippen LogP contribution in [0.3, 0.4) is 0 Å². The fourth-order valence-electron chi connectivity index (χ4n) is 3.61. The summed E-state index contributed by atoms with van der Waals surface area (Å²) < 4.78 is 5.19. The van der Waals surface area contributed by atoms with Crippen LogP contribution < -0.4 is 4.74 Å². The molecule has 1 aliphatic rings. The van der Waals surface area contributed by atoms with Crippen molar-refractivity contribution < 1.29 is 14.3 Å². The minimum Gasteiger partial charge on any atom is -0.497 e. The number of rotatable bonds is 5. The predicted molar refractivity (Wildman–Crippen MR) is 118 cm³/mol. The predicted octanol–water partition coefficient (Wildman–Crippen LogP) is 4.79. The van der Waals surface area contributed by atoms with E-state index >= 15 is 0 Å². The van der Waals surface area contributed by atoms with Gasteiger partial charge >= 0.3 is 0 Å². The van der Waals surface area contributed by atoms with Gasteiger partial charge in [0.25, 0.3) is 11.8 Å². The van der Waals surface area contributed by atoms with Crippen LogP contribution >= 0.6 is 0 Å². The van der Waals surface area contributed by atoms with Gasteiger partial charge in [-0.15, -0.1) is 0 Å². The summed E-state index contributed by atoms with van der Waals surface area (Å²) in [6, 6.07) is 22.8. The summed E-state index contributed by atoms with van der Waals surface area (Å²) >= 11 is 0. The van der Waals surface area contributed by atoms with Crippen LogP contribution in [0.2, 0.25) is 0 Å². The van der Waals surface area contributed by atoms with Gasteiger partial charge in [0.15, 0.2) is 0 Å². The molecule has 0 aromatic heterocycles. The van der Waals surface area contributed by atoms with E-state index in [1.54, 1.807) is 7.11 Å². The average molecular weight is 397 g/mol. The number of ether oxygens (including phenoxy) is 1. The van der Waals surface area contributed by atoms with Gasteiger partial charge in [0.05, 0.1) is 24.8 Å². The number of benzene rings is 3. The largest absolute Gasteiger partial charge is 0.497 e. The molecule has 0 spiro atoms. The maximum absolute atomic E-state index is 13.4.